The van der Waals surface area contributed by atoms with Gasteiger partial charge in [-0.05, 0) is 43.9 Å². The molecule has 0 aromatic rings. The fourth-order valence-electron chi connectivity index (χ4n) is 3.86. The minimum atomic E-state index is 0.207. The molecule has 0 aromatic carbocycles. The van der Waals surface area contributed by atoms with Crippen molar-refractivity contribution in [1.29, 1.82) is 0 Å². The molecule has 3 fully saturated rings. The van der Waals surface area contributed by atoms with Crippen molar-refractivity contribution < 1.29 is 4.74 Å². The van der Waals surface area contributed by atoms with Gasteiger partial charge in [0.2, 0.25) is 0 Å². The molecular weight excluding hydrogens is 184 g/mol. The highest BCUT2D eigenvalue weighted by molar-refractivity contribution is 5.04. The lowest BCUT2D eigenvalue weighted by molar-refractivity contribution is -0.248. The average Bonchev–Trinajstić information content (AvgIpc) is 2.20. The summed E-state index contributed by atoms with van der Waals surface area (Å²) >= 11 is 0. The van der Waals surface area contributed by atoms with Gasteiger partial charge >= 0.3 is 0 Å². The van der Waals surface area contributed by atoms with Crippen LogP contribution in [0.25, 0.3) is 0 Å². The minimum absolute atomic E-state index is 0.207. The Morgan fingerprint density at radius 2 is 1.93 bits per heavy atom. The standard InChI is InChI=1S/C14H26O/c1-5-7-12-14(4)9-8-13(3,15-12)10-11(14)6-2/h11-12H,5-10H2,1-4H3. The van der Waals surface area contributed by atoms with Crippen LogP contribution in [0.2, 0.25) is 0 Å². The Bertz CT molecular complexity index is 237. The van der Waals surface area contributed by atoms with E-state index in [0.29, 0.717) is 11.5 Å². The van der Waals surface area contributed by atoms with E-state index in [4.69, 9.17) is 4.74 Å². The van der Waals surface area contributed by atoms with E-state index >= 15 is 0 Å². The quantitative estimate of drug-likeness (QED) is 0.679. The molecule has 3 aliphatic rings. The number of fused-ring (bicyclic) bond motifs is 3. The first-order valence-electron chi connectivity index (χ1n) is 6.72. The highest BCUT2D eigenvalue weighted by atomic mass is 16.5. The lowest BCUT2D eigenvalue weighted by Crippen LogP contribution is -2.58. The van der Waals surface area contributed by atoms with Gasteiger partial charge in [0.05, 0.1) is 11.7 Å². The summed E-state index contributed by atoms with van der Waals surface area (Å²) in [6.07, 6.45) is 8.32. The van der Waals surface area contributed by atoms with Crippen molar-refractivity contribution in [3.8, 4) is 0 Å². The fraction of sp³-hybridized carbons (Fsp3) is 1.00. The zero-order valence-corrected chi connectivity index (χ0v) is 10.8. The van der Waals surface area contributed by atoms with E-state index in [1.165, 1.54) is 38.5 Å². The predicted molar refractivity (Wildman–Crippen MR) is 63.9 cm³/mol. The van der Waals surface area contributed by atoms with Crippen molar-refractivity contribution in [3.05, 3.63) is 0 Å². The van der Waals surface area contributed by atoms with Gasteiger partial charge in [0.1, 0.15) is 0 Å². The molecule has 2 saturated heterocycles. The molecule has 3 rings (SSSR count). The van der Waals surface area contributed by atoms with Crippen molar-refractivity contribution in [1.82, 2.24) is 0 Å². The fourth-order valence-corrected chi connectivity index (χ4v) is 3.86. The molecule has 0 amide bonds. The molecule has 88 valence electrons. The van der Waals surface area contributed by atoms with Gasteiger partial charge in [-0.25, -0.2) is 0 Å². The summed E-state index contributed by atoms with van der Waals surface area (Å²) in [5, 5.41) is 0. The lowest BCUT2D eigenvalue weighted by atomic mass is 9.56. The van der Waals surface area contributed by atoms with Crippen LogP contribution in [0, 0.1) is 11.3 Å². The second kappa shape index (κ2) is 3.76. The molecule has 0 spiro atoms. The molecule has 15 heavy (non-hydrogen) atoms. The first kappa shape index (κ1) is 11.4. The molecule has 2 bridgehead atoms. The summed E-state index contributed by atoms with van der Waals surface area (Å²) in [5.41, 5.74) is 0.681. The third-order valence-corrected chi connectivity index (χ3v) is 5.01. The highest BCUT2D eigenvalue weighted by Gasteiger charge is 2.55. The lowest BCUT2D eigenvalue weighted by Gasteiger charge is -2.59. The summed E-state index contributed by atoms with van der Waals surface area (Å²) in [7, 11) is 0. The Morgan fingerprint density at radius 1 is 1.20 bits per heavy atom. The third kappa shape index (κ3) is 1.73. The van der Waals surface area contributed by atoms with Crippen molar-refractivity contribution in [2.45, 2.75) is 77.9 Å². The van der Waals surface area contributed by atoms with Crippen LogP contribution in [0.3, 0.4) is 0 Å². The molecule has 1 aliphatic carbocycles. The zero-order chi connectivity index (χ0) is 11.1. The number of rotatable bonds is 3. The average molecular weight is 210 g/mol. The van der Waals surface area contributed by atoms with E-state index in [9.17, 15) is 0 Å². The van der Waals surface area contributed by atoms with Gasteiger partial charge in [0, 0.05) is 0 Å². The maximum atomic E-state index is 6.35. The van der Waals surface area contributed by atoms with Crippen LogP contribution in [0.1, 0.15) is 66.2 Å². The van der Waals surface area contributed by atoms with Crippen molar-refractivity contribution in [3.63, 3.8) is 0 Å². The van der Waals surface area contributed by atoms with Crippen LogP contribution in [0.15, 0.2) is 0 Å². The van der Waals surface area contributed by atoms with Crippen molar-refractivity contribution >= 4 is 0 Å². The van der Waals surface area contributed by atoms with E-state index < -0.39 is 0 Å². The Morgan fingerprint density at radius 3 is 2.53 bits per heavy atom. The van der Waals surface area contributed by atoms with Gasteiger partial charge in [-0.2, -0.15) is 0 Å². The summed E-state index contributed by atoms with van der Waals surface area (Å²) in [6, 6.07) is 0. The molecule has 2 heterocycles. The van der Waals surface area contributed by atoms with E-state index in [1.807, 2.05) is 0 Å². The van der Waals surface area contributed by atoms with Gasteiger partial charge in [0.15, 0.2) is 0 Å². The molecule has 1 heteroatoms. The molecule has 4 unspecified atom stereocenters. The molecular formula is C14H26O. The summed E-state index contributed by atoms with van der Waals surface area (Å²) in [5.74, 6) is 0.890. The van der Waals surface area contributed by atoms with Gasteiger partial charge in [-0.1, -0.05) is 33.6 Å². The van der Waals surface area contributed by atoms with Crippen molar-refractivity contribution in [2.75, 3.05) is 0 Å². The van der Waals surface area contributed by atoms with Crippen LogP contribution < -0.4 is 0 Å². The maximum Gasteiger partial charge on any atom is 0.0661 e. The molecule has 2 aliphatic heterocycles. The summed E-state index contributed by atoms with van der Waals surface area (Å²) < 4.78 is 6.35. The maximum absolute atomic E-state index is 6.35. The molecule has 1 saturated carbocycles. The van der Waals surface area contributed by atoms with Crippen molar-refractivity contribution in [2.24, 2.45) is 11.3 Å². The van der Waals surface area contributed by atoms with Crippen LogP contribution in [0.4, 0.5) is 0 Å². The second-order valence-corrected chi connectivity index (χ2v) is 6.16. The van der Waals surface area contributed by atoms with E-state index in [-0.39, 0.29) is 5.60 Å². The molecule has 4 atom stereocenters. The Labute approximate surface area is 94.6 Å². The molecule has 1 nitrogen and oxygen atoms in total. The van der Waals surface area contributed by atoms with Gasteiger partial charge in [-0.15, -0.1) is 0 Å². The largest absolute Gasteiger partial charge is 0.371 e. The normalized spacial score (nSPS) is 49.6. The Kier molecular flexibility index (Phi) is 2.87. The molecule has 0 aromatic heterocycles. The first-order valence-corrected chi connectivity index (χ1v) is 6.72. The van der Waals surface area contributed by atoms with Gasteiger partial charge in [-0.3, -0.25) is 0 Å². The summed E-state index contributed by atoms with van der Waals surface area (Å²) in [6.45, 7) is 9.43. The van der Waals surface area contributed by atoms with Crippen LogP contribution in [0.5, 0.6) is 0 Å². The van der Waals surface area contributed by atoms with E-state index in [1.54, 1.807) is 0 Å². The Hall–Kier alpha value is -0.0400. The van der Waals surface area contributed by atoms with Crippen LogP contribution in [-0.2, 0) is 4.74 Å². The number of ether oxygens (including phenoxy) is 1. The summed E-state index contributed by atoms with van der Waals surface area (Å²) in [4.78, 5) is 0. The highest BCUT2D eigenvalue weighted by Crippen LogP contribution is 2.57. The van der Waals surface area contributed by atoms with E-state index in [0.717, 1.165) is 5.92 Å². The molecule has 0 N–H and O–H groups in total. The topological polar surface area (TPSA) is 9.23 Å². The zero-order valence-electron chi connectivity index (χ0n) is 10.8. The smallest absolute Gasteiger partial charge is 0.0661 e. The Balaban J connectivity index is 2.21. The SMILES string of the molecule is CCCC1OC2(C)CCC1(C)C(CC)C2. The molecule has 0 radical (unpaired) electrons. The van der Waals surface area contributed by atoms with Crippen LogP contribution in [-0.4, -0.2) is 11.7 Å². The van der Waals surface area contributed by atoms with Crippen LogP contribution >= 0.6 is 0 Å². The second-order valence-electron chi connectivity index (χ2n) is 6.16. The van der Waals surface area contributed by atoms with Gasteiger partial charge < -0.3 is 4.74 Å². The number of hydrogen-bond acceptors (Lipinski definition) is 1. The predicted octanol–water partition coefficient (Wildman–Crippen LogP) is 4.16. The number of hydrogen-bond donors (Lipinski definition) is 0. The van der Waals surface area contributed by atoms with E-state index in [2.05, 4.69) is 27.7 Å². The monoisotopic (exact) mass is 210 g/mol. The third-order valence-electron chi connectivity index (χ3n) is 5.01. The van der Waals surface area contributed by atoms with Gasteiger partial charge in [0.25, 0.3) is 0 Å². The minimum Gasteiger partial charge on any atom is -0.371 e. The first-order chi connectivity index (χ1) is 7.04.